The average Bonchev–Trinajstić information content (AvgIpc) is 3.45. The predicted octanol–water partition coefficient (Wildman–Crippen LogP) is 3.74. The number of aromatic amines is 1. The highest BCUT2D eigenvalue weighted by Crippen LogP contribution is 2.52. The first kappa shape index (κ1) is 19.2. The number of carbonyl (C=O) groups excluding carboxylic acids is 1. The zero-order chi connectivity index (χ0) is 21.8. The van der Waals surface area contributed by atoms with E-state index in [1.807, 2.05) is 13.0 Å². The van der Waals surface area contributed by atoms with Gasteiger partial charge in [0.2, 0.25) is 11.5 Å². The zero-order valence-electron chi connectivity index (χ0n) is 16.4. The van der Waals surface area contributed by atoms with Crippen molar-refractivity contribution in [2.75, 3.05) is 5.32 Å². The number of nitrogens with one attached hydrogen (secondary N) is 2. The van der Waals surface area contributed by atoms with Crippen LogP contribution in [0.2, 0.25) is 0 Å². The highest BCUT2D eigenvalue weighted by Gasteiger charge is 2.53. The largest absolute Gasteiger partial charge is 0.586 e. The first-order chi connectivity index (χ1) is 14.7. The SMILES string of the molecule is Cc1cc(NC(=O)C2(c3ccc4c(c3)OC(F)(F)O4)CC2)nc(-c2ccc(=O)[nH]c2)c1. The van der Waals surface area contributed by atoms with Gasteiger partial charge in [0.15, 0.2) is 11.5 Å². The van der Waals surface area contributed by atoms with E-state index in [1.165, 1.54) is 18.2 Å². The maximum atomic E-state index is 13.3. The van der Waals surface area contributed by atoms with Gasteiger partial charge in [-0.3, -0.25) is 9.59 Å². The summed E-state index contributed by atoms with van der Waals surface area (Å²) in [6.45, 7) is 1.87. The van der Waals surface area contributed by atoms with Gasteiger partial charge in [-0.15, -0.1) is 8.78 Å². The molecule has 1 aliphatic carbocycles. The van der Waals surface area contributed by atoms with Gasteiger partial charge in [0, 0.05) is 17.8 Å². The van der Waals surface area contributed by atoms with E-state index in [4.69, 9.17) is 0 Å². The molecule has 0 unspecified atom stereocenters. The number of ether oxygens (including phenoxy) is 2. The average molecular weight is 425 g/mol. The maximum absolute atomic E-state index is 13.3. The standard InChI is InChI=1S/C22H17F2N3O4/c1-12-8-15(13-2-5-19(28)25-11-13)26-18(9-12)27-20(29)21(6-7-21)14-3-4-16-17(10-14)31-22(23,24)30-16/h2-5,8-11H,6-7H2,1H3,(H,25,28)(H,26,27,29). The van der Waals surface area contributed by atoms with Gasteiger partial charge in [-0.1, -0.05) is 6.07 Å². The molecule has 2 N–H and O–H groups in total. The smallest absolute Gasteiger partial charge is 0.395 e. The second kappa shape index (κ2) is 6.63. The second-order valence-corrected chi connectivity index (χ2v) is 7.72. The van der Waals surface area contributed by atoms with E-state index in [0.717, 1.165) is 5.56 Å². The van der Waals surface area contributed by atoms with Gasteiger partial charge in [0.05, 0.1) is 11.1 Å². The minimum absolute atomic E-state index is 0.0594. The van der Waals surface area contributed by atoms with Gasteiger partial charge in [-0.05, 0) is 61.2 Å². The Kier molecular flexibility index (Phi) is 4.11. The third-order valence-electron chi connectivity index (χ3n) is 5.43. The number of anilines is 1. The summed E-state index contributed by atoms with van der Waals surface area (Å²) in [7, 11) is 0. The molecule has 2 aliphatic rings. The number of alkyl halides is 2. The van der Waals surface area contributed by atoms with Crippen LogP contribution in [0.25, 0.3) is 11.3 Å². The van der Waals surface area contributed by atoms with Crippen molar-refractivity contribution in [2.24, 2.45) is 0 Å². The van der Waals surface area contributed by atoms with E-state index in [-0.39, 0.29) is 23.0 Å². The fourth-order valence-electron chi connectivity index (χ4n) is 3.70. The van der Waals surface area contributed by atoms with Crippen molar-refractivity contribution >= 4 is 11.7 Å². The number of hydrogen-bond donors (Lipinski definition) is 2. The van der Waals surface area contributed by atoms with Crippen molar-refractivity contribution < 1.29 is 23.0 Å². The highest BCUT2D eigenvalue weighted by atomic mass is 19.3. The lowest BCUT2D eigenvalue weighted by atomic mass is 9.94. The topological polar surface area (TPSA) is 93.3 Å². The quantitative estimate of drug-likeness (QED) is 0.664. The van der Waals surface area contributed by atoms with Crippen LogP contribution < -0.4 is 20.3 Å². The van der Waals surface area contributed by atoms with Crippen LogP contribution in [0.15, 0.2) is 53.5 Å². The van der Waals surface area contributed by atoms with E-state index in [1.54, 1.807) is 24.4 Å². The molecule has 158 valence electrons. The van der Waals surface area contributed by atoms with Crippen molar-refractivity contribution in [3.8, 4) is 22.8 Å². The van der Waals surface area contributed by atoms with Gasteiger partial charge in [-0.2, -0.15) is 0 Å². The number of amides is 1. The number of pyridine rings is 2. The monoisotopic (exact) mass is 425 g/mol. The van der Waals surface area contributed by atoms with Gasteiger partial charge < -0.3 is 19.8 Å². The molecule has 1 amide bonds. The van der Waals surface area contributed by atoms with Crippen molar-refractivity contribution in [1.82, 2.24) is 9.97 Å². The number of aromatic nitrogens is 2. The summed E-state index contributed by atoms with van der Waals surface area (Å²) in [6.07, 6.45) is -0.995. The highest BCUT2D eigenvalue weighted by molar-refractivity contribution is 6.01. The summed E-state index contributed by atoms with van der Waals surface area (Å²) in [5, 5.41) is 2.85. The number of benzene rings is 1. The summed E-state index contributed by atoms with van der Waals surface area (Å²) in [6, 6.07) is 11.1. The maximum Gasteiger partial charge on any atom is 0.586 e. The van der Waals surface area contributed by atoms with Crippen LogP contribution in [-0.4, -0.2) is 22.2 Å². The Balaban J connectivity index is 1.41. The summed E-state index contributed by atoms with van der Waals surface area (Å²) in [5.41, 5.74) is 1.71. The number of fused-ring (bicyclic) bond motifs is 1. The molecule has 1 aromatic carbocycles. The minimum Gasteiger partial charge on any atom is -0.395 e. The number of halogens is 2. The van der Waals surface area contributed by atoms with Crippen molar-refractivity contribution in [3.05, 3.63) is 70.1 Å². The lowest BCUT2D eigenvalue weighted by Crippen LogP contribution is -2.28. The van der Waals surface area contributed by atoms with Crippen LogP contribution in [0.3, 0.4) is 0 Å². The Hall–Kier alpha value is -3.75. The van der Waals surface area contributed by atoms with Crippen LogP contribution in [0.4, 0.5) is 14.6 Å². The Morgan fingerprint density at radius 1 is 1.10 bits per heavy atom. The van der Waals surface area contributed by atoms with Gasteiger partial charge in [0.25, 0.3) is 0 Å². The Labute approximate surface area is 175 Å². The van der Waals surface area contributed by atoms with E-state index < -0.39 is 11.7 Å². The molecule has 0 bridgehead atoms. The van der Waals surface area contributed by atoms with E-state index >= 15 is 0 Å². The summed E-state index contributed by atoms with van der Waals surface area (Å²) in [5.74, 6) is -0.0557. The number of nitrogens with zero attached hydrogens (tertiary/aromatic N) is 1. The minimum atomic E-state index is -3.70. The van der Waals surface area contributed by atoms with Crippen LogP contribution in [0.1, 0.15) is 24.0 Å². The first-order valence-electron chi connectivity index (χ1n) is 9.64. The summed E-state index contributed by atoms with van der Waals surface area (Å²) >= 11 is 0. The van der Waals surface area contributed by atoms with Crippen LogP contribution in [0.5, 0.6) is 11.5 Å². The van der Waals surface area contributed by atoms with E-state index in [9.17, 15) is 18.4 Å². The molecule has 0 radical (unpaired) electrons. The molecule has 31 heavy (non-hydrogen) atoms. The molecule has 0 spiro atoms. The van der Waals surface area contributed by atoms with Crippen molar-refractivity contribution in [3.63, 3.8) is 0 Å². The fourth-order valence-corrected chi connectivity index (χ4v) is 3.70. The van der Waals surface area contributed by atoms with E-state index in [0.29, 0.717) is 35.5 Å². The molecule has 3 aromatic rings. The van der Waals surface area contributed by atoms with Crippen molar-refractivity contribution in [2.45, 2.75) is 31.5 Å². The van der Waals surface area contributed by atoms with E-state index in [2.05, 4.69) is 24.8 Å². The van der Waals surface area contributed by atoms with Gasteiger partial charge in [0.1, 0.15) is 5.82 Å². The normalized spacial score (nSPS) is 17.3. The Morgan fingerprint density at radius 3 is 2.58 bits per heavy atom. The molecule has 1 fully saturated rings. The molecule has 9 heteroatoms. The van der Waals surface area contributed by atoms with Crippen molar-refractivity contribution in [1.29, 1.82) is 0 Å². The third-order valence-corrected chi connectivity index (χ3v) is 5.43. The Morgan fingerprint density at radius 2 is 1.87 bits per heavy atom. The van der Waals surface area contributed by atoms with Crippen LogP contribution >= 0.6 is 0 Å². The first-order valence-corrected chi connectivity index (χ1v) is 9.64. The predicted molar refractivity (Wildman–Crippen MR) is 107 cm³/mol. The number of aryl methyl sites for hydroxylation is 1. The summed E-state index contributed by atoms with van der Waals surface area (Å²) < 4.78 is 35.6. The molecule has 3 heterocycles. The molecule has 1 saturated carbocycles. The number of hydrogen-bond acceptors (Lipinski definition) is 5. The Bertz CT molecular complexity index is 1250. The number of H-pyrrole nitrogens is 1. The second-order valence-electron chi connectivity index (χ2n) is 7.72. The van der Waals surface area contributed by atoms with Crippen LogP contribution in [0, 0.1) is 6.92 Å². The molecule has 0 saturated heterocycles. The molecule has 2 aromatic heterocycles. The molecular formula is C22H17F2N3O4. The molecule has 5 rings (SSSR count). The van der Waals surface area contributed by atoms with Gasteiger partial charge >= 0.3 is 6.29 Å². The number of rotatable bonds is 4. The fraction of sp³-hybridized carbons (Fsp3) is 0.227. The third kappa shape index (κ3) is 3.52. The lowest BCUT2D eigenvalue weighted by molar-refractivity contribution is -0.286. The summed E-state index contributed by atoms with van der Waals surface area (Å²) in [4.78, 5) is 31.5. The number of carbonyl (C=O) groups is 1. The molecule has 7 nitrogen and oxygen atoms in total. The molecule has 0 atom stereocenters. The lowest BCUT2D eigenvalue weighted by Gasteiger charge is -2.16. The zero-order valence-corrected chi connectivity index (χ0v) is 16.4. The molecular weight excluding hydrogens is 408 g/mol. The van der Waals surface area contributed by atoms with Gasteiger partial charge in [-0.25, -0.2) is 4.98 Å². The van der Waals surface area contributed by atoms with Crippen LogP contribution in [-0.2, 0) is 10.2 Å². The molecule has 1 aliphatic heterocycles.